The second-order valence-corrected chi connectivity index (χ2v) is 10.6. The highest BCUT2D eigenvalue weighted by Crippen LogP contribution is 2.31. The van der Waals surface area contributed by atoms with E-state index in [1.165, 1.54) is 5.56 Å². The molecule has 33 heavy (non-hydrogen) atoms. The summed E-state index contributed by atoms with van der Waals surface area (Å²) in [6.07, 6.45) is 0. The maximum Gasteiger partial charge on any atom is 0.187 e. The Morgan fingerprint density at radius 1 is 0.939 bits per heavy atom. The third-order valence-electron chi connectivity index (χ3n) is 5.40. The van der Waals surface area contributed by atoms with Crippen molar-refractivity contribution in [2.75, 3.05) is 12.8 Å². The van der Waals surface area contributed by atoms with Gasteiger partial charge in [-0.25, -0.2) is 13.4 Å². The third kappa shape index (κ3) is 4.67. The second-order valence-electron chi connectivity index (χ2n) is 8.06. The first kappa shape index (κ1) is 22.7. The van der Waals surface area contributed by atoms with Gasteiger partial charge in [0, 0.05) is 23.7 Å². The van der Waals surface area contributed by atoms with E-state index in [1.807, 2.05) is 37.4 Å². The van der Waals surface area contributed by atoms with Crippen molar-refractivity contribution in [1.29, 1.82) is 0 Å². The van der Waals surface area contributed by atoms with E-state index in [-0.39, 0.29) is 4.90 Å². The average molecular weight is 463 g/mol. The number of benzene rings is 2. The third-order valence-corrected chi connectivity index (χ3v) is 7.57. The van der Waals surface area contributed by atoms with E-state index < -0.39 is 15.1 Å². The molecule has 0 aliphatic rings. The number of aromatic nitrogens is 2. The van der Waals surface area contributed by atoms with Gasteiger partial charge < -0.3 is 15.6 Å². The van der Waals surface area contributed by atoms with Gasteiger partial charge in [0.2, 0.25) is 0 Å². The first-order valence-corrected chi connectivity index (χ1v) is 12.2. The molecule has 0 fully saturated rings. The van der Waals surface area contributed by atoms with Crippen LogP contribution in [0.25, 0.3) is 34.0 Å². The zero-order valence-corrected chi connectivity index (χ0v) is 19.6. The number of nitrogens with one attached hydrogen (secondary N) is 1. The number of hydrogen-bond donors (Lipinski definition) is 2. The molecule has 0 atom stereocenters. The zero-order valence-electron chi connectivity index (χ0n) is 18.7. The molecule has 0 unspecified atom stereocenters. The van der Waals surface area contributed by atoms with E-state index in [0.717, 1.165) is 17.7 Å². The molecule has 0 saturated carbocycles. The van der Waals surface area contributed by atoms with Crippen molar-refractivity contribution in [1.82, 2.24) is 15.5 Å². The summed E-state index contributed by atoms with van der Waals surface area (Å²) in [6, 6.07) is 20.1. The van der Waals surface area contributed by atoms with Crippen molar-refractivity contribution in [3.05, 3.63) is 72.3 Å². The lowest BCUT2D eigenvalue weighted by molar-refractivity contribution is 0.434. The summed E-state index contributed by atoms with van der Waals surface area (Å²) in [7, 11) is -1.42. The highest BCUT2D eigenvalue weighted by molar-refractivity contribution is 7.92. The number of nitrogens with zero attached hydrogens (tertiary/aromatic N) is 2. The van der Waals surface area contributed by atoms with Crippen molar-refractivity contribution in [3.8, 4) is 34.0 Å². The van der Waals surface area contributed by atoms with E-state index in [4.69, 9.17) is 10.3 Å². The lowest BCUT2D eigenvalue weighted by atomic mass is 10.1. The molecule has 8 heteroatoms. The molecule has 2 aromatic carbocycles. The Hall–Kier alpha value is -3.49. The van der Waals surface area contributed by atoms with Crippen LogP contribution in [0.1, 0.15) is 19.4 Å². The number of hydrogen-bond acceptors (Lipinski definition) is 7. The predicted molar refractivity (Wildman–Crippen MR) is 130 cm³/mol. The molecular weight excluding hydrogens is 436 g/mol. The second kappa shape index (κ2) is 9.17. The molecule has 2 heterocycles. The molecule has 0 aliphatic carbocycles. The van der Waals surface area contributed by atoms with Crippen molar-refractivity contribution in [2.45, 2.75) is 30.5 Å². The Bertz CT molecular complexity index is 1360. The molecule has 0 radical (unpaired) electrons. The maximum atomic E-state index is 12.4. The van der Waals surface area contributed by atoms with E-state index in [1.54, 1.807) is 50.2 Å². The SMILES string of the molecule is CNCc1ccc(-c2cc(-c3nc(-c4ccc(S(=O)(=O)C(C)C)cc4)ccc3N)on2)cc1. The molecule has 0 saturated heterocycles. The van der Waals surface area contributed by atoms with Crippen LogP contribution in [-0.4, -0.2) is 30.9 Å². The van der Waals surface area contributed by atoms with Crippen molar-refractivity contribution in [2.24, 2.45) is 0 Å². The van der Waals surface area contributed by atoms with Crippen LogP contribution >= 0.6 is 0 Å². The molecule has 0 bridgehead atoms. The summed E-state index contributed by atoms with van der Waals surface area (Å²) in [6.45, 7) is 4.13. The van der Waals surface area contributed by atoms with Gasteiger partial charge in [0.1, 0.15) is 11.4 Å². The average Bonchev–Trinajstić information content (AvgIpc) is 3.30. The van der Waals surface area contributed by atoms with Gasteiger partial charge >= 0.3 is 0 Å². The van der Waals surface area contributed by atoms with Crippen LogP contribution in [-0.2, 0) is 16.4 Å². The maximum absolute atomic E-state index is 12.4. The molecule has 0 spiro atoms. The number of nitrogen functional groups attached to an aromatic ring is 1. The van der Waals surface area contributed by atoms with Gasteiger partial charge in [-0.1, -0.05) is 41.6 Å². The molecule has 4 rings (SSSR count). The van der Waals surface area contributed by atoms with Gasteiger partial charge in [-0.2, -0.15) is 0 Å². The fourth-order valence-corrected chi connectivity index (χ4v) is 4.50. The number of sulfone groups is 1. The van der Waals surface area contributed by atoms with Crippen LogP contribution in [0.5, 0.6) is 0 Å². The summed E-state index contributed by atoms with van der Waals surface area (Å²) in [4.78, 5) is 4.96. The summed E-state index contributed by atoms with van der Waals surface area (Å²) in [5.74, 6) is 0.461. The highest BCUT2D eigenvalue weighted by Gasteiger charge is 2.19. The predicted octanol–water partition coefficient (Wildman–Crippen LogP) is 4.55. The van der Waals surface area contributed by atoms with Crippen molar-refractivity contribution >= 4 is 15.5 Å². The van der Waals surface area contributed by atoms with Gasteiger partial charge in [0.05, 0.1) is 21.5 Å². The van der Waals surface area contributed by atoms with Crippen LogP contribution in [0.2, 0.25) is 0 Å². The van der Waals surface area contributed by atoms with E-state index in [9.17, 15) is 8.42 Å². The Balaban J connectivity index is 1.63. The quantitative estimate of drug-likeness (QED) is 0.414. The molecule has 2 aromatic heterocycles. The Morgan fingerprint density at radius 2 is 1.58 bits per heavy atom. The highest BCUT2D eigenvalue weighted by atomic mass is 32.2. The largest absolute Gasteiger partial charge is 0.397 e. The molecular formula is C25H26N4O3S. The summed E-state index contributed by atoms with van der Waals surface area (Å²) in [5, 5.41) is 6.83. The summed E-state index contributed by atoms with van der Waals surface area (Å²) < 4.78 is 30.3. The fourth-order valence-electron chi connectivity index (χ4n) is 3.44. The number of pyridine rings is 1. The van der Waals surface area contributed by atoms with Crippen molar-refractivity contribution in [3.63, 3.8) is 0 Å². The van der Waals surface area contributed by atoms with Gasteiger partial charge in [-0.05, 0) is 50.7 Å². The standard InChI is InChI=1S/C25H26N4O3S/c1-16(2)33(30,31)20-10-8-18(9-11-20)22-13-12-21(26)25(28-22)24-14-23(29-32-24)19-6-4-17(5-7-19)15-27-3/h4-14,16,27H,15,26H2,1-3H3. The van der Waals surface area contributed by atoms with E-state index >= 15 is 0 Å². The fraction of sp³-hybridized carbons (Fsp3) is 0.200. The topological polar surface area (TPSA) is 111 Å². The van der Waals surface area contributed by atoms with Crippen molar-refractivity contribution < 1.29 is 12.9 Å². The lowest BCUT2D eigenvalue weighted by Gasteiger charge is -2.09. The number of rotatable bonds is 7. The van der Waals surface area contributed by atoms with E-state index in [2.05, 4.69) is 15.5 Å². The summed E-state index contributed by atoms with van der Waals surface area (Å²) in [5.41, 5.74) is 11.4. The Kier molecular flexibility index (Phi) is 6.31. The first-order chi connectivity index (χ1) is 15.8. The van der Waals surface area contributed by atoms with Gasteiger partial charge in [-0.3, -0.25) is 0 Å². The Morgan fingerprint density at radius 3 is 2.21 bits per heavy atom. The van der Waals surface area contributed by atoms with Crippen LogP contribution < -0.4 is 11.1 Å². The molecule has 170 valence electrons. The van der Waals surface area contributed by atoms with Gasteiger partial charge in [-0.15, -0.1) is 0 Å². The van der Waals surface area contributed by atoms with Gasteiger partial charge in [0.15, 0.2) is 15.6 Å². The zero-order chi connectivity index (χ0) is 23.6. The van der Waals surface area contributed by atoms with Crippen LogP contribution in [0.3, 0.4) is 0 Å². The minimum Gasteiger partial charge on any atom is -0.397 e. The summed E-state index contributed by atoms with van der Waals surface area (Å²) >= 11 is 0. The van der Waals surface area contributed by atoms with Crippen LogP contribution in [0.4, 0.5) is 5.69 Å². The number of nitrogens with two attached hydrogens (primary N) is 1. The lowest BCUT2D eigenvalue weighted by Crippen LogP contribution is -2.13. The van der Waals surface area contributed by atoms with Crippen LogP contribution in [0.15, 0.2) is 76.1 Å². The smallest absolute Gasteiger partial charge is 0.187 e. The normalized spacial score (nSPS) is 11.8. The molecule has 7 nitrogen and oxygen atoms in total. The monoisotopic (exact) mass is 462 g/mol. The molecule has 0 amide bonds. The molecule has 4 aromatic rings. The molecule has 0 aliphatic heterocycles. The van der Waals surface area contributed by atoms with E-state index in [0.29, 0.717) is 28.5 Å². The first-order valence-electron chi connectivity index (χ1n) is 10.6. The Labute approximate surface area is 193 Å². The van der Waals surface area contributed by atoms with Crippen LogP contribution in [0, 0.1) is 0 Å². The minimum absolute atomic E-state index is 0.289. The van der Waals surface area contributed by atoms with Gasteiger partial charge in [0.25, 0.3) is 0 Å². The molecule has 3 N–H and O–H groups in total. The minimum atomic E-state index is -3.33. The number of anilines is 1.